The van der Waals surface area contributed by atoms with E-state index in [-0.39, 0.29) is 18.7 Å². The van der Waals surface area contributed by atoms with Gasteiger partial charge in [0.1, 0.15) is 12.4 Å². The number of aliphatic hydroxyl groups excluding tert-OH is 1. The highest BCUT2D eigenvalue weighted by atomic mass is 19.1. The third-order valence-corrected chi connectivity index (χ3v) is 2.88. The van der Waals surface area contributed by atoms with Crippen molar-refractivity contribution in [3.63, 3.8) is 0 Å². The highest BCUT2D eigenvalue weighted by Crippen LogP contribution is 2.09. The first kappa shape index (κ1) is 14.8. The molecule has 0 spiro atoms. The van der Waals surface area contributed by atoms with E-state index in [2.05, 4.69) is 17.2 Å². The van der Waals surface area contributed by atoms with E-state index in [9.17, 15) is 9.18 Å². The Labute approximate surface area is 122 Å². The molecule has 2 aromatic carbocycles. The SMILES string of the molecule is O=C(NCc1ccccc1C#CCO)c1ccccc1F. The van der Waals surface area contributed by atoms with Crippen molar-refractivity contribution in [2.75, 3.05) is 6.61 Å². The van der Waals surface area contributed by atoms with Crippen molar-refractivity contribution in [1.29, 1.82) is 0 Å². The Bertz CT molecular complexity index is 701. The molecule has 3 nitrogen and oxygen atoms in total. The zero-order chi connectivity index (χ0) is 15.1. The van der Waals surface area contributed by atoms with E-state index in [0.29, 0.717) is 0 Å². The molecule has 0 aliphatic carbocycles. The summed E-state index contributed by atoms with van der Waals surface area (Å²) in [5, 5.41) is 11.4. The molecule has 0 fully saturated rings. The quantitative estimate of drug-likeness (QED) is 0.848. The number of carbonyl (C=O) groups is 1. The van der Waals surface area contributed by atoms with Crippen molar-refractivity contribution in [2.24, 2.45) is 0 Å². The Morgan fingerprint density at radius 3 is 2.62 bits per heavy atom. The normalized spacial score (nSPS) is 9.62. The van der Waals surface area contributed by atoms with Gasteiger partial charge in [-0.3, -0.25) is 4.79 Å². The molecule has 0 saturated heterocycles. The molecule has 0 aliphatic heterocycles. The summed E-state index contributed by atoms with van der Waals surface area (Å²) in [6.07, 6.45) is 0. The van der Waals surface area contributed by atoms with Gasteiger partial charge in [0.2, 0.25) is 0 Å². The summed E-state index contributed by atoms with van der Waals surface area (Å²) >= 11 is 0. The lowest BCUT2D eigenvalue weighted by atomic mass is 10.1. The van der Waals surface area contributed by atoms with Crippen molar-refractivity contribution < 1.29 is 14.3 Å². The second kappa shape index (κ2) is 7.22. The standard InChI is InChI=1S/C17H14FNO2/c18-16-10-4-3-9-15(16)17(21)19-12-14-7-2-1-6-13(14)8-5-11-20/h1-4,6-7,9-10,20H,11-12H2,(H,19,21). The maximum atomic E-state index is 13.5. The maximum Gasteiger partial charge on any atom is 0.254 e. The van der Waals surface area contributed by atoms with Gasteiger partial charge in [-0.1, -0.05) is 42.2 Å². The zero-order valence-electron chi connectivity index (χ0n) is 11.3. The molecule has 0 heterocycles. The van der Waals surface area contributed by atoms with Gasteiger partial charge in [0.25, 0.3) is 5.91 Å². The van der Waals surface area contributed by atoms with Crippen LogP contribution in [0.25, 0.3) is 0 Å². The van der Waals surface area contributed by atoms with Gasteiger partial charge in [-0.25, -0.2) is 4.39 Å². The third-order valence-electron chi connectivity index (χ3n) is 2.88. The molecule has 4 heteroatoms. The second-order valence-electron chi connectivity index (χ2n) is 4.28. The van der Waals surface area contributed by atoms with Crippen LogP contribution in [0.5, 0.6) is 0 Å². The Hall–Kier alpha value is -2.64. The van der Waals surface area contributed by atoms with Gasteiger partial charge in [-0.05, 0) is 23.8 Å². The molecule has 0 bridgehead atoms. The smallest absolute Gasteiger partial charge is 0.254 e. The Morgan fingerprint density at radius 1 is 1.14 bits per heavy atom. The molecule has 106 valence electrons. The molecule has 0 atom stereocenters. The van der Waals surface area contributed by atoms with E-state index >= 15 is 0 Å². The number of aliphatic hydroxyl groups is 1. The van der Waals surface area contributed by atoms with Crippen molar-refractivity contribution in [2.45, 2.75) is 6.54 Å². The molecule has 0 unspecified atom stereocenters. The number of carbonyl (C=O) groups excluding carboxylic acids is 1. The Balaban J connectivity index is 2.10. The fraction of sp³-hybridized carbons (Fsp3) is 0.118. The summed E-state index contributed by atoms with van der Waals surface area (Å²) in [5.74, 6) is 4.35. The van der Waals surface area contributed by atoms with Crippen molar-refractivity contribution >= 4 is 5.91 Å². The number of hydrogen-bond donors (Lipinski definition) is 2. The molecule has 2 aromatic rings. The molecule has 0 radical (unpaired) electrons. The first-order valence-corrected chi connectivity index (χ1v) is 6.42. The lowest BCUT2D eigenvalue weighted by Gasteiger charge is -2.08. The fourth-order valence-electron chi connectivity index (χ4n) is 1.85. The van der Waals surface area contributed by atoms with Crippen LogP contribution in [-0.2, 0) is 6.54 Å². The fourth-order valence-corrected chi connectivity index (χ4v) is 1.85. The summed E-state index contributed by atoms with van der Waals surface area (Å²) < 4.78 is 13.5. The van der Waals surface area contributed by atoms with E-state index in [0.717, 1.165) is 11.1 Å². The van der Waals surface area contributed by atoms with Crippen LogP contribution in [0.4, 0.5) is 4.39 Å². The third kappa shape index (κ3) is 3.91. The molecule has 0 saturated carbocycles. The van der Waals surface area contributed by atoms with Gasteiger partial charge in [-0.15, -0.1) is 0 Å². The van der Waals surface area contributed by atoms with Crippen LogP contribution in [-0.4, -0.2) is 17.6 Å². The lowest BCUT2D eigenvalue weighted by molar-refractivity contribution is 0.0947. The van der Waals surface area contributed by atoms with E-state index < -0.39 is 11.7 Å². The van der Waals surface area contributed by atoms with Gasteiger partial charge >= 0.3 is 0 Å². The lowest BCUT2D eigenvalue weighted by Crippen LogP contribution is -2.24. The van der Waals surface area contributed by atoms with E-state index in [1.807, 2.05) is 18.2 Å². The summed E-state index contributed by atoms with van der Waals surface area (Å²) in [7, 11) is 0. The van der Waals surface area contributed by atoms with Crippen molar-refractivity contribution in [3.8, 4) is 11.8 Å². The summed E-state index contributed by atoms with van der Waals surface area (Å²) in [5.41, 5.74) is 1.54. The number of benzene rings is 2. The molecular formula is C17H14FNO2. The van der Waals surface area contributed by atoms with Gasteiger partial charge in [0.05, 0.1) is 5.56 Å². The predicted octanol–water partition coefficient (Wildman–Crippen LogP) is 2.10. The first-order valence-electron chi connectivity index (χ1n) is 6.42. The largest absolute Gasteiger partial charge is 0.384 e. The van der Waals surface area contributed by atoms with Crippen LogP contribution < -0.4 is 5.32 Å². The highest BCUT2D eigenvalue weighted by molar-refractivity contribution is 5.94. The van der Waals surface area contributed by atoms with Gasteiger partial charge in [0, 0.05) is 12.1 Å². The van der Waals surface area contributed by atoms with Crippen molar-refractivity contribution in [1.82, 2.24) is 5.32 Å². The summed E-state index contributed by atoms with van der Waals surface area (Å²) in [6, 6.07) is 13.1. The van der Waals surface area contributed by atoms with Gasteiger partial charge in [-0.2, -0.15) is 0 Å². The predicted molar refractivity (Wildman–Crippen MR) is 78.0 cm³/mol. The number of hydrogen-bond acceptors (Lipinski definition) is 2. The topological polar surface area (TPSA) is 49.3 Å². The Morgan fingerprint density at radius 2 is 1.86 bits per heavy atom. The summed E-state index contributed by atoms with van der Waals surface area (Å²) in [6.45, 7) is 0.0133. The highest BCUT2D eigenvalue weighted by Gasteiger charge is 2.10. The number of amides is 1. The molecule has 21 heavy (non-hydrogen) atoms. The molecular weight excluding hydrogens is 269 g/mol. The first-order chi connectivity index (χ1) is 10.2. The van der Waals surface area contributed by atoms with Crippen LogP contribution in [0.2, 0.25) is 0 Å². The molecule has 0 aliphatic rings. The van der Waals surface area contributed by atoms with Crippen LogP contribution in [0.15, 0.2) is 48.5 Å². The second-order valence-corrected chi connectivity index (χ2v) is 4.28. The molecule has 2 rings (SSSR count). The minimum Gasteiger partial charge on any atom is -0.384 e. The monoisotopic (exact) mass is 283 g/mol. The van der Waals surface area contributed by atoms with E-state index in [1.54, 1.807) is 12.1 Å². The molecule has 0 aromatic heterocycles. The number of halogens is 1. The maximum absolute atomic E-state index is 13.5. The minimum absolute atomic E-state index is 0.0106. The van der Waals surface area contributed by atoms with Crippen LogP contribution in [0, 0.1) is 17.7 Å². The minimum atomic E-state index is -0.552. The Kier molecular flexibility index (Phi) is 5.08. The summed E-state index contributed by atoms with van der Waals surface area (Å²) in [4.78, 5) is 11.9. The van der Waals surface area contributed by atoms with Crippen LogP contribution in [0.1, 0.15) is 21.5 Å². The van der Waals surface area contributed by atoms with Crippen LogP contribution in [0.3, 0.4) is 0 Å². The van der Waals surface area contributed by atoms with E-state index in [4.69, 9.17) is 5.11 Å². The molecule has 2 N–H and O–H groups in total. The zero-order valence-corrected chi connectivity index (χ0v) is 11.3. The average molecular weight is 283 g/mol. The molecule has 1 amide bonds. The van der Waals surface area contributed by atoms with Gasteiger partial charge in [0.15, 0.2) is 0 Å². The van der Waals surface area contributed by atoms with Crippen LogP contribution >= 0.6 is 0 Å². The average Bonchev–Trinajstić information content (AvgIpc) is 2.52. The van der Waals surface area contributed by atoms with Gasteiger partial charge < -0.3 is 10.4 Å². The number of rotatable bonds is 3. The number of nitrogens with one attached hydrogen (secondary N) is 1. The van der Waals surface area contributed by atoms with Crippen molar-refractivity contribution in [3.05, 3.63) is 71.0 Å². The van der Waals surface area contributed by atoms with E-state index in [1.165, 1.54) is 18.2 Å².